The first-order chi connectivity index (χ1) is 15.4. The monoisotopic (exact) mass is 491 g/mol. The average Bonchev–Trinajstić information content (AvgIpc) is 2.84. The summed E-state index contributed by atoms with van der Waals surface area (Å²) in [6, 6.07) is 11.3. The molecule has 1 rings (SSSR count). The number of aliphatic hydroxyl groups excluding tert-OH is 1. The zero-order valence-electron chi connectivity index (χ0n) is 20.4. The fourth-order valence-electron chi connectivity index (χ4n) is 3.48. The fourth-order valence-corrected chi connectivity index (χ4v) is 6.87. The van der Waals surface area contributed by atoms with Gasteiger partial charge in [0.05, 0.1) is 12.7 Å². The highest BCUT2D eigenvalue weighted by molar-refractivity contribution is 6.61. The quantitative estimate of drug-likeness (QED) is 0.231. The van der Waals surface area contributed by atoms with E-state index in [4.69, 9.17) is 31.3 Å². The van der Waals surface area contributed by atoms with Gasteiger partial charge in [-0.3, -0.25) is 0 Å². The zero-order chi connectivity index (χ0) is 23.9. The third kappa shape index (κ3) is 9.55. The molecule has 1 unspecified atom stereocenters. The predicted molar refractivity (Wildman–Crippen MR) is 128 cm³/mol. The van der Waals surface area contributed by atoms with E-state index in [0.717, 1.165) is 37.7 Å². The Morgan fingerprint density at radius 2 is 1.31 bits per heavy atom. The molecule has 1 atom stereocenters. The maximum absolute atomic E-state index is 10.3. The van der Waals surface area contributed by atoms with Crippen LogP contribution in [-0.2, 0) is 31.3 Å². The number of rotatable bonds is 19. The standard InChI is InChI=1S/C21H41NO8Si2/c1-24-31(25-2,26-3)17-11-15-22(20-12-8-7-9-13-20)14-10-16-30-18-21(23)19-32(27-4,28-5)29-6/h7-9,12-13,21,23H,10-11,14-19H2,1-6H3. The van der Waals surface area contributed by atoms with Crippen molar-refractivity contribution in [3.8, 4) is 0 Å². The molecule has 1 N–H and O–H groups in total. The second-order valence-corrected chi connectivity index (χ2v) is 13.4. The molecule has 9 nitrogen and oxygen atoms in total. The van der Waals surface area contributed by atoms with Crippen molar-refractivity contribution in [1.29, 1.82) is 0 Å². The number of benzene rings is 1. The summed E-state index contributed by atoms with van der Waals surface area (Å²) in [6.45, 7) is 2.42. The number of para-hydroxylation sites is 1. The molecule has 0 bridgehead atoms. The third-order valence-corrected chi connectivity index (χ3v) is 11.1. The second-order valence-electron chi connectivity index (χ2n) is 7.30. The van der Waals surface area contributed by atoms with Gasteiger partial charge in [0.25, 0.3) is 0 Å². The summed E-state index contributed by atoms with van der Waals surface area (Å²) in [5, 5.41) is 10.3. The molecular weight excluding hydrogens is 450 g/mol. The van der Waals surface area contributed by atoms with Crippen LogP contribution < -0.4 is 4.90 Å². The molecule has 0 fully saturated rings. The molecule has 0 spiro atoms. The Morgan fingerprint density at radius 3 is 1.84 bits per heavy atom. The Kier molecular flexibility index (Phi) is 14.5. The topological polar surface area (TPSA) is 88.1 Å². The summed E-state index contributed by atoms with van der Waals surface area (Å²) in [6.07, 6.45) is 1.00. The highest BCUT2D eigenvalue weighted by Gasteiger charge is 2.40. The Labute approximate surface area is 195 Å². The molecule has 0 aliphatic rings. The van der Waals surface area contributed by atoms with Crippen molar-refractivity contribution in [3.05, 3.63) is 30.3 Å². The highest BCUT2D eigenvalue weighted by Crippen LogP contribution is 2.19. The molecule has 0 aliphatic heterocycles. The Morgan fingerprint density at radius 1 is 0.781 bits per heavy atom. The van der Waals surface area contributed by atoms with Gasteiger partial charge in [0, 0.05) is 80.1 Å². The van der Waals surface area contributed by atoms with Crippen LogP contribution in [0.5, 0.6) is 0 Å². The van der Waals surface area contributed by atoms with Gasteiger partial charge in [-0.15, -0.1) is 0 Å². The molecule has 0 saturated carbocycles. The smallest absolute Gasteiger partial charge is 0.391 e. The van der Waals surface area contributed by atoms with E-state index in [0.29, 0.717) is 6.61 Å². The van der Waals surface area contributed by atoms with Crippen LogP contribution in [0.25, 0.3) is 0 Å². The lowest BCUT2D eigenvalue weighted by molar-refractivity contribution is 0.0299. The first-order valence-electron chi connectivity index (χ1n) is 10.8. The van der Waals surface area contributed by atoms with Gasteiger partial charge >= 0.3 is 17.6 Å². The summed E-state index contributed by atoms with van der Waals surface area (Å²) in [5.74, 6) is 0. The number of hydrogen-bond acceptors (Lipinski definition) is 9. The van der Waals surface area contributed by atoms with Gasteiger partial charge in [-0.25, -0.2) is 0 Å². The summed E-state index contributed by atoms with van der Waals surface area (Å²) >= 11 is 0. The van der Waals surface area contributed by atoms with E-state index in [1.54, 1.807) is 21.3 Å². The molecule has 0 heterocycles. The number of nitrogens with zero attached hydrogens (tertiary/aromatic N) is 1. The first kappa shape index (κ1) is 29.2. The normalized spacial score (nSPS) is 13.3. The van der Waals surface area contributed by atoms with Crippen molar-refractivity contribution in [2.24, 2.45) is 0 Å². The Bertz CT molecular complexity index is 574. The number of ether oxygens (including phenoxy) is 1. The lowest BCUT2D eigenvalue weighted by Gasteiger charge is -2.28. The third-order valence-electron chi connectivity index (χ3n) is 5.41. The molecule has 0 aromatic heterocycles. The summed E-state index contributed by atoms with van der Waals surface area (Å²) < 4.78 is 38.3. The Hall–Kier alpha value is -0.866. The summed E-state index contributed by atoms with van der Waals surface area (Å²) in [5.41, 5.74) is 1.16. The molecule has 1 aromatic carbocycles. The van der Waals surface area contributed by atoms with Crippen molar-refractivity contribution < 1.29 is 36.4 Å². The minimum Gasteiger partial charge on any atom is -0.391 e. The molecule has 0 radical (unpaired) electrons. The van der Waals surface area contributed by atoms with Crippen molar-refractivity contribution in [2.75, 3.05) is 73.9 Å². The number of aliphatic hydroxyl groups is 1. The average molecular weight is 492 g/mol. The van der Waals surface area contributed by atoms with Crippen LogP contribution in [0.15, 0.2) is 30.3 Å². The first-order valence-corrected chi connectivity index (χ1v) is 14.7. The van der Waals surface area contributed by atoms with E-state index in [9.17, 15) is 5.11 Å². The van der Waals surface area contributed by atoms with E-state index in [1.807, 2.05) is 18.2 Å². The van der Waals surface area contributed by atoms with E-state index >= 15 is 0 Å². The van der Waals surface area contributed by atoms with E-state index in [-0.39, 0.29) is 12.7 Å². The lowest BCUT2D eigenvalue weighted by Crippen LogP contribution is -2.46. The predicted octanol–water partition coefficient (Wildman–Crippen LogP) is 2.41. The number of hydrogen-bond donors (Lipinski definition) is 1. The van der Waals surface area contributed by atoms with Crippen LogP contribution in [-0.4, -0.2) is 97.8 Å². The fraction of sp³-hybridized carbons (Fsp3) is 0.714. The van der Waals surface area contributed by atoms with E-state index in [2.05, 4.69) is 17.0 Å². The van der Waals surface area contributed by atoms with Gasteiger partial charge in [0.1, 0.15) is 0 Å². The molecule has 32 heavy (non-hydrogen) atoms. The molecule has 0 saturated heterocycles. The van der Waals surface area contributed by atoms with Gasteiger partial charge in [-0.2, -0.15) is 0 Å². The van der Waals surface area contributed by atoms with Crippen LogP contribution in [0, 0.1) is 0 Å². The number of anilines is 1. The summed E-state index contributed by atoms with van der Waals surface area (Å²) in [4.78, 5) is 2.32. The molecule has 0 aliphatic carbocycles. The summed E-state index contributed by atoms with van der Waals surface area (Å²) in [7, 11) is 4.11. The van der Waals surface area contributed by atoms with Crippen LogP contribution in [0.1, 0.15) is 12.8 Å². The molecule has 0 amide bonds. The molecule has 186 valence electrons. The van der Waals surface area contributed by atoms with Crippen LogP contribution in [0.4, 0.5) is 5.69 Å². The van der Waals surface area contributed by atoms with Crippen molar-refractivity contribution in [1.82, 2.24) is 0 Å². The van der Waals surface area contributed by atoms with Crippen LogP contribution in [0.2, 0.25) is 12.1 Å². The highest BCUT2D eigenvalue weighted by atomic mass is 28.4. The van der Waals surface area contributed by atoms with Crippen LogP contribution >= 0.6 is 0 Å². The second kappa shape index (κ2) is 15.9. The molecule has 1 aromatic rings. The largest absolute Gasteiger partial charge is 0.502 e. The minimum atomic E-state index is -2.82. The minimum absolute atomic E-state index is 0.208. The van der Waals surface area contributed by atoms with E-state index < -0.39 is 23.7 Å². The lowest BCUT2D eigenvalue weighted by atomic mass is 10.2. The SMILES string of the molecule is CO[Si](CCCN(CCCOCC(O)C[Si](OC)(OC)OC)c1ccccc1)(OC)OC. The van der Waals surface area contributed by atoms with Gasteiger partial charge in [-0.05, 0) is 25.0 Å². The van der Waals surface area contributed by atoms with Crippen molar-refractivity contribution >= 4 is 23.3 Å². The van der Waals surface area contributed by atoms with Crippen molar-refractivity contribution in [2.45, 2.75) is 31.0 Å². The zero-order valence-corrected chi connectivity index (χ0v) is 22.4. The van der Waals surface area contributed by atoms with Gasteiger partial charge < -0.3 is 41.3 Å². The van der Waals surface area contributed by atoms with E-state index in [1.165, 1.54) is 21.3 Å². The van der Waals surface area contributed by atoms with Crippen molar-refractivity contribution in [3.63, 3.8) is 0 Å². The maximum atomic E-state index is 10.3. The van der Waals surface area contributed by atoms with Gasteiger partial charge in [0.15, 0.2) is 0 Å². The maximum Gasteiger partial charge on any atom is 0.502 e. The van der Waals surface area contributed by atoms with Gasteiger partial charge in [0.2, 0.25) is 0 Å². The molecule has 11 heteroatoms. The molecular formula is C21H41NO8Si2. The Balaban J connectivity index is 2.49. The van der Waals surface area contributed by atoms with Gasteiger partial charge in [-0.1, -0.05) is 18.2 Å². The van der Waals surface area contributed by atoms with Crippen LogP contribution in [0.3, 0.4) is 0 Å².